The predicted molar refractivity (Wildman–Crippen MR) is 93.5 cm³/mol. The number of carbonyl (C=O) groups is 1. The summed E-state index contributed by atoms with van der Waals surface area (Å²) in [6.45, 7) is 4.48. The molecule has 112 valence electrons. The van der Waals surface area contributed by atoms with Crippen molar-refractivity contribution in [2.45, 2.75) is 13.8 Å². The Hall–Kier alpha value is -2.05. The third-order valence-corrected chi connectivity index (χ3v) is 4.98. The number of fused-ring (bicyclic) bond motifs is 1. The number of nitrogens with zero attached hydrogens (tertiary/aromatic N) is 3. The standard InChI is InChI=1S/C16H15N3OS2/c1-3-19(15(20)9-8-12-10-21-11(2)17-12)16-18-13-6-4-5-7-14(13)22-16/h4-10H,3H2,1-2H3/b9-8+. The van der Waals surface area contributed by atoms with E-state index in [2.05, 4.69) is 9.97 Å². The molecule has 0 spiro atoms. The van der Waals surface area contributed by atoms with E-state index in [1.165, 1.54) is 11.3 Å². The maximum absolute atomic E-state index is 12.4. The maximum atomic E-state index is 12.4. The topological polar surface area (TPSA) is 46.1 Å². The van der Waals surface area contributed by atoms with Crippen LogP contribution in [0.1, 0.15) is 17.6 Å². The molecule has 3 rings (SSSR count). The second kappa shape index (κ2) is 6.37. The normalized spacial score (nSPS) is 11.4. The van der Waals surface area contributed by atoms with E-state index in [0.29, 0.717) is 6.54 Å². The van der Waals surface area contributed by atoms with E-state index < -0.39 is 0 Å². The molecule has 1 amide bonds. The van der Waals surface area contributed by atoms with Gasteiger partial charge in [-0.25, -0.2) is 9.97 Å². The van der Waals surface area contributed by atoms with Crippen LogP contribution >= 0.6 is 22.7 Å². The van der Waals surface area contributed by atoms with Gasteiger partial charge in [-0.3, -0.25) is 9.69 Å². The fourth-order valence-electron chi connectivity index (χ4n) is 2.06. The number of likely N-dealkylation sites (N-methyl/N-ethyl adjacent to an activating group) is 1. The van der Waals surface area contributed by atoms with E-state index in [4.69, 9.17) is 0 Å². The van der Waals surface area contributed by atoms with E-state index >= 15 is 0 Å². The monoisotopic (exact) mass is 329 g/mol. The zero-order chi connectivity index (χ0) is 15.5. The van der Waals surface area contributed by atoms with Crippen molar-refractivity contribution in [3.8, 4) is 0 Å². The van der Waals surface area contributed by atoms with Crippen LogP contribution in [0.4, 0.5) is 5.13 Å². The second-order valence-corrected chi connectivity index (χ2v) is 6.74. The van der Waals surface area contributed by atoms with Gasteiger partial charge in [-0.2, -0.15) is 0 Å². The molecule has 0 aliphatic carbocycles. The van der Waals surface area contributed by atoms with Gasteiger partial charge in [-0.15, -0.1) is 11.3 Å². The van der Waals surface area contributed by atoms with Gasteiger partial charge in [-0.1, -0.05) is 23.5 Å². The van der Waals surface area contributed by atoms with E-state index in [1.807, 2.05) is 43.5 Å². The van der Waals surface area contributed by atoms with E-state index in [-0.39, 0.29) is 5.91 Å². The zero-order valence-electron chi connectivity index (χ0n) is 12.3. The Morgan fingerprint density at radius 2 is 2.14 bits per heavy atom. The molecule has 22 heavy (non-hydrogen) atoms. The molecule has 3 aromatic rings. The molecular weight excluding hydrogens is 314 g/mol. The lowest BCUT2D eigenvalue weighted by Crippen LogP contribution is -2.28. The van der Waals surface area contributed by atoms with Gasteiger partial charge in [0.25, 0.3) is 5.91 Å². The van der Waals surface area contributed by atoms with Crippen molar-refractivity contribution < 1.29 is 4.79 Å². The molecular formula is C16H15N3OS2. The van der Waals surface area contributed by atoms with Gasteiger partial charge in [0.15, 0.2) is 5.13 Å². The van der Waals surface area contributed by atoms with Crippen LogP contribution in [-0.4, -0.2) is 22.4 Å². The molecule has 0 aliphatic heterocycles. The minimum atomic E-state index is -0.0767. The van der Waals surface area contributed by atoms with Crippen LogP contribution in [0.3, 0.4) is 0 Å². The smallest absolute Gasteiger partial charge is 0.252 e. The van der Waals surface area contributed by atoms with Gasteiger partial charge in [0.2, 0.25) is 0 Å². The highest BCUT2D eigenvalue weighted by Crippen LogP contribution is 2.28. The summed E-state index contributed by atoms with van der Waals surface area (Å²) in [4.78, 5) is 23.0. The molecule has 0 radical (unpaired) electrons. The van der Waals surface area contributed by atoms with Crippen molar-refractivity contribution in [1.29, 1.82) is 0 Å². The minimum Gasteiger partial charge on any atom is -0.285 e. The van der Waals surface area contributed by atoms with Crippen LogP contribution in [0.25, 0.3) is 16.3 Å². The Morgan fingerprint density at radius 3 is 2.82 bits per heavy atom. The molecule has 0 N–H and O–H groups in total. The van der Waals surface area contributed by atoms with Crippen LogP contribution in [0.15, 0.2) is 35.7 Å². The summed E-state index contributed by atoms with van der Waals surface area (Å²) in [5, 5.41) is 3.66. The first-order valence-electron chi connectivity index (χ1n) is 6.94. The highest BCUT2D eigenvalue weighted by molar-refractivity contribution is 7.22. The van der Waals surface area contributed by atoms with Crippen LogP contribution in [0, 0.1) is 6.92 Å². The van der Waals surface area contributed by atoms with Crippen molar-refractivity contribution in [2.75, 3.05) is 11.4 Å². The first-order chi connectivity index (χ1) is 10.7. The van der Waals surface area contributed by atoms with Gasteiger partial charge < -0.3 is 0 Å². The van der Waals surface area contributed by atoms with Gasteiger partial charge in [0, 0.05) is 18.0 Å². The number of benzene rings is 1. The third kappa shape index (κ3) is 3.08. The zero-order valence-corrected chi connectivity index (χ0v) is 13.9. The first kappa shape index (κ1) is 14.9. The number of hydrogen-bond acceptors (Lipinski definition) is 5. The average Bonchev–Trinajstić information content (AvgIpc) is 3.11. The number of aromatic nitrogens is 2. The number of aryl methyl sites for hydroxylation is 1. The lowest BCUT2D eigenvalue weighted by molar-refractivity contribution is -0.114. The highest BCUT2D eigenvalue weighted by Gasteiger charge is 2.15. The maximum Gasteiger partial charge on any atom is 0.252 e. The lowest BCUT2D eigenvalue weighted by Gasteiger charge is -2.14. The second-order valence-electron chi connectivity index (χ2n) is 4.67. The van der Waals surface area contributed by atoms with Crippen LogP contribution < -0.4 is 4.90 Å². The number of carbonyl (C=O) groups excluding carboxylic acids is 1. The highest BCUT2D eigenvalue weighted by atomic mass is 32.1. The summed E-state index contributed by atoms with van der Waals surface area (Å²) in [5.74, 6) is -0.0767. The fourth-order valence-corrected chi connectivity index (χ4v) is 3.68. The number of para-hydroxylation sites is 1. The Balaban J connectivity index is 1.83. The number of anilines is 1. The SMILES string of the molecule is CCN(C(=O)/C=C/c1csc(C)n1)c1nc2ccccc2s1. The lowest BCUT2D eigenvalue weighted by atomic mass is 10.3. The number of rotatable bonds is 4. The molecule has 0 bridgehead atoms. The Labute approximate surface area is 136 Å². The van der Waals surface area contributed by atoms with Gasteiger partial charge in [0.1, 0.15) is 0 Å². The van der Waals surface area contributed by atoms with Gasteiger partial charge >= 0.3 is 0 Å². The van der Waals surface area contributed by atoms with Gasteiger partial charge in [-0.05, 0) is 32.1 Å². The predicted octanol–water partition coefficient (Wildman–Crippen LogP) is 4.13. The molecule has 0 atom stereocenters. The Morgan fingerprint density at radius 1 is 1.32 bits per heavy atom. The summed E-state index contributed by atoms with van der Waals surface area (Å²) in [6, 6.07) is 7.91. The fraction of sp³-hybridized carbons (Fsp3) is 0.188. The quantitative estimate of drug-likeness (QED) is 0.676. The minimum absolute atomic E-state index is 0.0767. The number of thiazole rings is 2. The van der Waals surface area contributed by atoms with Crippen LogP contribution in [0.2, 0.25) is 0 Å². The van der Waals surface area contributed by atoms with Crippen LogP contribution in [-0.2, 0) is 4.79 Å². The van der Waals surface area contributed by atoms with Crippen molar-refractivity contribution in [1.82, 2.24) is 9.97 Å². The summed E-state index contributed by atoms with van der Waals surface area (Å²) < 4.78 is 1.09. The third-order valence-electron chi connectivity index (χ3n) is 3.13. The first-order valence-corrected chi connectivity index (χ1v) is 8.64. The summed E-state index contributed by atoms with van der Waals surface area (Å²) in [5.41, 5.74) is 1.74. The molecule has 4 nitrogen and oxygen atoms in total. The van der Waals surface area contributed by atoms with E-state index in [1.54, 1.807) is 28.4 Å². The average molecular weight is 329 g/mol. The van der Waals surface area contributed by atoms with E-state index in [9.17, 15) is 4.79 Å². The molecule has 0 saturated heterocycles. The molecule has 0 aliphatic rings. The summed E-state index contributed by atoms with van der Waals surface area (Å²) in [7, 11) is 0. The van der Waals surface area contributed by atoms with Gasteiger partial charge in [0.05, 0.1) is 20.9 Å². The largest absolute Gasteiger partial charge is 0.285 e. The van der Waals surface area contributed by atoms with Crippen molar-refractivity contribution in [3.63, 3.8) is 0 Å². The Kier molecular flexibility index (Phi) is 4.31. The summed E-state index contributed by atoms with van der Waals surface area (Å²) in [6.07, 6.45) is 3.31. The number of hydrogen-bond donors (Lipinski definition) is 0. The van der Waals surface area contributed by atoms with Crippen molar-refractivity contribution in [3.05, 3.63) is 46.4 Å². The van der Waals surface area contributed by atoms with E-state index in [0.717, 1.165) is 26.0 Å². The molecule has 0 fully saturated rings. The van der Waals surface area contributed by atoms with Crippen molar-refractivity contribution in [2.24, 2.45) is 0 Å². The molecule has 2 heterocycles. The number of amides is 1. The molecule has 0 unspecified atom stereocenters. The van der Waals surface area contributed by atoms with Crippen molar-refractivity contribution >= 4 is 50.0 Å². The summed E-state index contributed by atoms with van der Waals surface area (Å²) >= 11 is 3.10. The molecule has 2 aromatic heterocycles. The molecule has 6 heteroatoms. The molecule has 0 saturated carbocycles. The Bertz CT molecular complexity index is 802. The molecule has 1 aromatic carbocycles. The van der Waals surface area contributed by atoms with Crippen LogP contribution in [0.5, 0.6) is 0 Å².